The quantitative estimate of drug-likeness (QED) is 0.622. The van der Waals surface area contributed by atoms with Crippen LogP contribution in [0.1, 0.15) is 23.5 Å². The minimum absolute atomic E-state index is 0.0671. The molecule has 0 amide bonds. The Hall–Kier alpha value is -2.24. The van der Waals surface area contributed by atoms with Gasteiger partial charge in [-0.1, -0.05) is 0 Å². The Morgan fingerprint density at radius 2 is 1.92 bits per heavy atom. The fourth-order valence-corrected chi connectivity index (χ4v) is 2.74. The number of aliphatic hydroxyl groups excluding tert-OH is 2. The van der Waals surface area contributed by atoms with Crippen LogP contribution in [0.3, 0.4) is 0 Å². The first-order valence-corrected chi connectivity index (χ1v) is 7.06. The lowest BCUT2D eigenvalue weighted by Crippen LogP contribution is -2.49. The Bertz CT molecular complexity index is 722. The van der Waals surface area contributed by atoms with Crippen molar-refractivity contribution < 1.29 is 23.4 Å². The van der Waals surface area contributed by atoms with Crippen molar-refractivity contribution in [1.29, 1.82) is 0 Å². The average Bonchev–Trinajstić information content (AvgIpc) is 3.01. The third-order valence-corrected chi connectivity index (χ3v) is 3.93. The van der Waals surface area contributed by atoms with Crippen LogP contribution < -0.4 is 11.1 Å². The van der Waals surface area contributed by atoms with E-state index >= 15 is 0 Å². The molecule has 0 bridgehead atoms. The number of hydrogen-bond donors (Lipinski definition) is 4. The Balaban J connectivity index is 1.93. The van der Waals surface area contributed by atoms with E-state index in [1.807, 2.05) is 0 Å². The fraction of sp³-hybridized carbons (Fsp3) is 0.462. The van der Waals surface area contributed by atoms with E-state index in [-0.39, 0.29) is 12.4 Å². The van der Waals surface area contributed by atoms with Gasteiger partial charge in [-0.25, -0.2) is 9.97 Å². The molecule has 0 aromatic carbocycles. The van der Waals surface area contributed by atoms with Crippen LogP contribution in [0.5, 0.6) is 0 Å². The van der Waals surface area contributed by atoms with E-state index in [0.29, 0.717) is 11.9 Å². The Kier molecular flexibility index (Phi) is 4.15. The molecule has 0 unspecified atom stereocenters. The normalized spacial score (nSPS) is 26.9. The molecule has 3 rings (SSSR count). The number of nitrogens with zero attached hydrogens (tertiary/aromatic N) is 4. The summed E-state index contributed by atoms with van der Waals surface area (Å²) in [5, 5.41) is 23.2. The molecule has 2 aromatic rings. The predicted octanol–water partition coefficient (Wildman–Crippen LogP) is 0.0803. The van der Waals surface area contributed by atoms with Gasteiger partial charge in [-0.3, -0.25) is 4.98 Å². The summed E-state index contributed by atoms with van der Waals surface area (Å²) in [6.45, 7) is 0.0671. The molecule has 0 saturated heterocycles. The summed E-state index contributed by atoms with van der Waals surface area (Å²) in [6.07, 6.45) is -2.57. The zero-order chi connectivity index (χ0) is 17.5. The highest BCUT2D eigenvalue weighted by atomic mass is 19.4. The van der Waals surface area contributed by atoms with Crippen LogP contribution in [-0.2, 0) is 6.18 Å². The molecule has 0 radical (unpaired) electrons. The Morgan fingerprint density at radius 1 is 1.17 bits per heavy atom. The van der Waals surface area contributed by atoms with Gasteiger partial charge in [0, 0.05) is 6.54 Å². The average molecular weight is 344 g/mol. The highest BCUT2D eigenvalue weighted by Gasteiger charge is 2.41. The third kappa shape index (κ3) is 2.81. The van der Waals surface area contributed by atoms with E-state index in [1.165, 1.54) is 12.5 Å². The Morgan fingerprint density at radius 3 is 2.58 bits per heavy atom. The molecule has 11 heteroatoms. The number of hydrogen-bond acceptors (Lipinski definition) is 7. The van der Waals surface area contributed by atoms with Gasteiger partial charge in [-0.15, -0.1) is 0 Å². The lowest BCUT2D eigenvalue weighted by atomic mass is 9.92. The van der Waals surface area contributed by atoms with Crippen molar-refractivity contribution in [1.82, 2.24) is 19.5 Å². The molecule has 24 heavy (non-hydrogen) atoms. The predicted molar refractivity (Wildman–Crippen MR) is 75.7 cm³/mol. The molecule has 0 fully saturated rings. The van der Waals surface area contributed by atoms with Crippen molar-refractivity contribution >= 4 is 5.82 Å². The second-order valence-corrected chi connectivity index (χ2v) is 5.42. The molecule has 0 aliphatic carbocycles. The number of rotatable bonds is 3. The number of aromatic nitrogens is 4. The minimum Gasteiger partial charge on any atom is -0.388 e. The van der Waals surface area contributed by atoms with Crippen LogP contribution in [0.4, 0.5) is 19.0 Å². The number of nitrogens with one attached hydrogen (secondary N) is 1. The van der Waals surface area contributed by atoms with Crippen molar-refractivity contribution in [2.24, 2.45) is 5.73 Å². The lowest BCUT2D eigenvalue weighted by molar-refractivity contribution is -0.141. The zero-order valence-corrected chi connectivity index (χ0v) is 12.2. The van der Waals surface area contributed by atoms with Gasteiger partial charge >= 0.3 is 6.18 Å². The number of nitrogens with two attached hydrogens (primary N) is 1. The third-order valence-electron chi connectivity index (χ3n) is 3.93. The van der Waals surface area contributed by atoms with Crippen LogP contribution >= 0.6 is 0 Å². The smallest absolute Gasteiger partial charge is 0.388 e. The van der Waals surface area contributed by atoms with Gasteiger partial charge < -0.3 is 25.8 Å². The largest absolute Gasteiger partial charge is 0.434 e. The summed E-state index contributed by atoms with van der Waals surface area (Å²) in [4.78, 5) is 10.9. The second kappa shape index (κ2) is 6.00. The van der Waals surface area contributed by atoms with Crippen LogP contribution in [-0.4, -0.2) is 48.5 Å². The van der Waals surface area contributed by atoms with E-state index < -0.39 is 36.2 Å². The number of halogens is 3. The maximum absolute atomic E-state index is 12.7. The standard InChI is InChI=1S/C13H15F3N6O2/c14-13(15,16)8-3-18-4-9(20-8)21-10-7-2-19-5-22(7)6(1-17)11(23)12(10)24/h2-6,10-12,23-24H,1,17H2,(H,20,21)/t6-,10+,11+,12-/m1/s1. The van der Waals surface area contributed by atoms with Gasteiger partial charge in [0.05, 0.1) is 42.7 Å². The Labute approximate surface area is 134 Å². The van der Waals surface area contributed by atoms with Gasteiger partial charge in [0.15, 0.2) is 5.69 Å². The van der Waals surface area contributed by atoms with Gasteiger partial charge in [-0.05, 0) is 0 Å². The first-order chi connectivity index (χ1) is 11.3. The van der Waals surface area contributed by atoms with Crippen molar-refractivity contribution in [2.45, 2.75) is 30.5 Å². The molecule has 130 valence electrons. The van der Waals surface area contributed by atoms with E-state index in [2.05, 4.69) is 20.3 Å². The van der Waals surface area contributed by atoms with Gasteiger partial charge in [-0.2, -0.15) is 13.2 Å². The maximum Gasteiger partial charge on any atom is 0.434 e. The van der Waals surface area contributed by atoms with Gasteiger partial charge in [0.2, 0.25) is 0 Å². The molecule has 1 aliphatic rings. The molecule has 8 nitrogen and oxygen atoms in total. The summed E-state index contributed by atoms with van der Waals surface area (Å²) in [5.41, 5.74) is 4.92. The molecular formula is C13H15F3N6O2. The van der Waals surface area contributed by atoms with E-state index in [1.54, 1.807) is 4.57 Å². The lowest BCUT2D eigenvalue weighted by Gasteiger charge is -2.39. The summed E-state index contributed by atoms with van der Waals surface area (Å²) in [6, 6.07) is -1.49. The van der Waals surface area contributed by atoms with Gasteiger partial charge in [0.1, 0.15) is 18.0 Å². The van der Waals surface area contributed by atoms with Crippen molar-refractivity contribution in [3.8, 4) is 0 Å². The maximum atomic E-state index is 12.7. The zero-order valence-electron chi connectivity index (χ0n) is 12.2. The number of anilines is 1. The SMILES string of the molecule is NC[C@@H]1[C@H](O)[C@H](O)[C@@H](Nc2cncc(C(F)(F)F)n2)c2cncn21. The molecule has 0 saturated carbocycles. The van der Waals surface area contributed by atoms with Crippen molar-refractivity contribution in [3.63, 3.8) is 0 Å². The monoisotopic (exact) mass is 344 g/mol. The summed E-state index contributed by atoms with van der Waals surface area (Å²) in [5.74, 6) is -0.181. The summed E-state index contributed by atoms with van der Waals surface area (Å²) >= 11 is 0. The first-order valence-electron chi connectivity index (χ1n) is 7.06. The van der Waals surface area contributed by atoms with Crippen molar-refractivity contribution in [3.05, 3.63) is 36.3 Å². The molecule has 2 aromatic heterocycles. The molecule has 1 aliphatic heterocycles. The highest BCUT2D eigenvalue weighted by Crippen LogP contribution is 2.34. The van der Waals surface area contributed by atoms with Crippen LogP contribution in [0.15, 0.2) is 24.9 Å². The van der Waals surface area contributed by atoms with E-state index in [0.717, 1.165) is 6.20 Å². The molecule has 0 spiro atoms. The molecule has 3 heterocycles. The number of aliphatic hydroxyl groups is 2. The van der Waals surface area contributed by atoms with Crippen LogP contribution in [0.25, 0.3) is 0 Å². The topological polar surface area (TPSA) is 122 Å². The number of imidazole rings is 1. The van der Waals surface area contributed by atoms with E-state index in [4.69, 9.17) is 5.73 Å². The van der Waals surface area contributed by atoms with Gasteiger partial charge in [0.25, 0.3) is 0 Å². The molecule has 4 atom stereocenters. The first kappa shape index (κ1) is 16.6. The molecule has 5 N–H and O–H groups in total. The summed E-state index contributed by atoms with van der Waals surface area (Å²) < 4.78 is 39.8. The van der Waals surface area contributed by atoms with Crippen molar-refractivity contribution in [2.75, 3.05) is 11.9 Å². The number of alkyl halides is 3. The van der Waals surface area contributed by atoms with E-state index in [9.17, 15) is 23.4 Å². The summed E-state index contributed by atoms with van der Waals surface area (Å²) in [7, 11) is 0. The minimum atomic E-state index is -4.64. The molecular weight excluding hydrogens is 329 g/mol. The number of fused-ring (bicyclic) bond motifs is 1. The highest BCUT2D eigenvalue weighted by molar-refractivity contribution is 5.37. The van der Waals surface area contributed by atoms with Crippen LogP contribution in [0, 0.1) is 0 Å². The van der Waals surface area contributed by atoms with Crippen LogP contribution in [0.2, 0.25) is 0 Å². The fourth-order valence-electron chi connectivity index (χ4n) is 2.74. The second-order valence-electron chi connectivity index (χ2n) is 5.42.